The summed E-state index contributed by atoms with van der Waals surface area (Å²) in [5.74, 6) is -0.792. The van der Waals surface area contributed by atoms with E-state index in [0.29, 0.717) is 23.4 Å². The predicted octanol–water partition coefficient (Wildman–Crippen LogP) is 1.22. The molecule has 2 aromatic heterocycles. The lowest BCUT2D eigenvalue weighted by molar-refractivity contribution is 0.0695. The Morgan fingerprint density at radius 1 is 1.45 bits per heavy atom. The highest BCUT2D eigenvalue weighted by Gasteiger charge is 2.18. The summed E-state index contributed by atoms with van der Waals surface area (Å²) < 4.78 is 1.39. The van der Waals surface area contributed by atoms with Gasteiger partial charge in [0.25, 0.3) is 5.56 Å². The molecule has 106 valence electrons. The number of aromatic amines is 1. The van der Waals surface area contributed by atoms with Crippen LogP contribution in [-0.4, -0.2) is 30.8 Å². The number of carbonyl (C=O) groups is 1. The Labute approximate surface area is 115 Å². The molecule has 2 N–H and O–H groups in total. The van der Waals surface area contributed by atoms with Crippen LogP contribution in [0.5, 0.6) is 0 Å². The van der Waals surface area contributed by atoms with Gasteiger partial charge < -0.3 is 5.11 Å². The van der Waals surface area contributed by atoms with Crippen LogP contribution in [0.3, 0.4) is 0 Å². The predicted molar refractivity (Wildman–Crippen MR) is 72.4 cm³/mol. The van der Waals surface area contributed by atoms with Crippen LogP contribution in [-0.2, 0) is 6.42 Å². The summed E-state index contributed by atoms with van der Waals surface area (Å²) in [4.78, 5) is 29.9. The van der Waals surface area contributed by atoms with Crippen molar-refractivity contribution in [3.8, 4) is 5.95 Å². The lowest BCUT2D eigenvalue weighted by atomic mass is 10.1. The maximum absolute atomic E-state index is 11.8. The molecule has 0 amide bonds. The molecule has 0 saturated carbocycles. The quantitative estimate of drug-likeness (QED) is 0.874. The zero-order chi connectivity index (χ0) is 14.9. The molecular formula is C13H16N4O3. The monoisotopic (exact) mass is 276 g/mol. The number of H-pyrrole nitrogens is 1. The highest BCUT2D eigenvalue weighted by Crippen LogP contribution is 2.14. The first-order chi connectivity index (χ1) is 9.45. The van der Waals surface area contributed by atoms with Crippen molar-refractivity contribution in [3.05, 3.63) is 39.1 Å². The Bertz CT molecular complexity index is 715. The van der Waals surface area contributed by atoms with Crippen LogP contribution < -0.4 is 5.56 Å². The van der Waals surface area contributed by atoms with Crippen molar-refractivity contribution in [1.29, 1.82) is 0 Å². The molecular weight excluding hydrogens is 260 g/mol. The standard InChI is InChI=1S/C13H16N4O3/c1-4-5-10-9(12(19)20)6-14-17(10)13-15-8(3)7(2)11(18)16-13/h6H,4-5H2,1-3H3,(H,19,20)(H,15,16,18). The van der Waals surface area contributed by atoms with Crippen molar-refractivity contribution in [2.45, 2.75) is 33.6 Å². The topological polar surface area (TPSA) is 101 Å². The van der Waals surface area contributed by atoms with Gasteiger partial charge in [0.15, 0.2) is 0 Å². The fraction of sp³-hybridized carbons (Fsp3) is 0.385. The van der Waals surface area contributed by atoms with Crippen LogP contribution in [0, 0.1) is 13.8 Å². The second-order valence-electron chi connectivity index (χ2n) is 4.57. The molecule has 0 aliphatic heterocycles. The minimum atomic E-state index is -1.04. The number of aryl methyl sites for hydroxylation is 1. The summed E-state index contributed by atoms with van der Waals surface area (Å²) in [6.45, 7) is 5.36. The number of hydrogen-bond donors (Lipinski definition) is 2. The number of carboxylic acid groups (broad SMARTS) is 1. The van der Waals surface area contributed by atoms with E-state index in [4.69, 9.17) is 5.11 Å². The maximum Gasteiger partial charge on any atom is 0.339 e. The summed E-state index contributed by atoms with van der Waals surface area (Å²) in [7, 11) is 0. The zero-order valence-corrected chi connectivity index (χ0v) is 11.6. The van der Waals surface area contributed by atoms with Crippen LogP contribution >= 0.6 is 0 Å². The highest BCUT2D eigenvalue weighted by atomic mass is 16.4. The minimum absolute atomic E-state index is 0.132. The van der Waals surface area contributed by atoms with Gasteiger partial charge in [-0.15, -0.1) is 0 Å². The number of nitrogens with zero attached hydrogens (tertiary/aromatic N) is 3. The Morgan fingerprint density at radius 2 is 2.15 bits per heavy atom. The molecule has 0 spiro atoms. The number of rotatable bonds is 4. The Hall–Kier alpha value is -2.44. The molecule has 0 unspecified atom stereocenters. The number of aromatic nitrogens is 4. The van der Waals surface area contributed by atoms with E-state index in [2.05, 4.69) is 15.1 Å². The number of aromatic carboxylic acids is 1. The second-order valence-corrected chi connectivity index (χ2v) is 4.57. The molecule has 0 aromatic carbocycles. The van der Waals surface area contributed by atoms with Gasteiger partial charge in [-0.05, 0) is 20.3 Å². The summed E-state index contributed by atoms with van der Waals surface area (Å²) in [6.07, 6.45) is 2.59. The first-order valence-corrected chi connectivity index (χ1v) is 6.33. The molecule has 0 fully saturated rings. The van der Waals surface area contributed by atoms with Crippen LogP contribution in [0.2, 0.25) is 0 Å². The van der Waals surface area contributed by atoms with Crippen molar-refractivity contribution in [2.75, 3.05) is 0 Å². The molecule has 0 aliphatic carbocycles. The van der Waals surface area contributed by atoms with Crippen LogP contribution in [0.15, 0.2) is 11.0 Å². The summed E-state index contributed by atoms with van der Waals surface area (Å²) in [6, 6.07) is 0. The summed E-state index contributed by atoms with van der Waals surface area (Å²) >= 11 is 0. The van der Waals surface area contributed by atoms with E-state index in [1.54, 1.807) is 13.8 Å². The molecule has 7 nitrogen and oxygen atoms in total. The van der Waals surface area contributed by atoms with Gasteiger partial charge in [-0.25, -0.2) is 14.5 Å². The first kappa shape index (κ1) is 14.0. The lowest BCUT2D eigenvalue weighted by Crippen LogP contribution is -2.19. The second kappa shape index (κ2) is 5.28. The molecule has 2 heterocycles. The van der Waals surface area contributed by atoms with Gasteiger partial charge in [0.05, 0.1) is 11.9 Å². The molecule has 0 saturated heterocycles. The van der Waals surface area contributed by atoms with Gasteiger partial charge in [-0.3, -0.25) is 9.78 Å². The lowest BCUT2D eigenvalue weighted by Gasteiger charge is -2.08. The average molecular weight is 276 g/mol. The largest absolute Gasteiger partial charge is 0.478 e. The number of hydrogen-bond acceptors (Lipinski definition) is 4. The Kier molecular flexibility index (Phi) is 3.69. The van der Waals surface area contributed by atoms with Crippen molar-refractivity contribution >= 4 is 5.97 Å². The maximum atomic E-state index is 11.8. The molecule has 2 rings (SSSR count). The third kappa shape index (κ3) is 2.34. The number of nitrogens with one attached hydrogen (secondary N) is 1. The molecule has 7 heteroatoms. The molecule has 2 aromatic rings. The SMILES string of the molecule is CCCc1c(C(=O)O)cnn1-c1nc(C)c(C)c(=O)[nH]1. The van der Waals surface area contributed by atoms with Crippen molar-refractivity contribution < 1.29 is 9.90 Å². The van der Waals surface area contributed by atoms with Crippen molar-refractivity contribution in [2.24, 2.45) is 0 Å². The summed E-state index contributed by atoms with van der Waals surface area (Å²) in [5.41, 5.74) is 1.55. The molecule has 0 radical (unpaired) electrons. The van der Waals surface area contributed by atoms with Gasteiger partial charge in [0.2, 0.25) is 5.95 Å². The average Bonchev–Trinajstić information content (AvgIpc) is 2.79. The van der Waals surface area contributed by atoms with Crippen LogP contribution in [0.4, 0.5) is 0 Å². The zero-order valence-electron chi connectivity index (χ0n) is 11.6. The van der Waals surface area contributed by atoms with E-state index in [-0.39, 0.29) is 17.1 Å². The van der Waals surface area contributed by atoms with Crippen molar-refractivity contribution in [3.63, 3.8) is 0 Å². The smallest absolute Gasteiger partial charge is 0.339 e. The minimum Gasteiger partial charge on any atom is -0.478 e. The van der Waals surface area contributed by atoms with Crippen molar-refractivity contribution in [1.82, 2.24) is 19.7 Å². The van der Waals surface area contributed by atoms with E-state index in [0.717, 1.165) is 6.42 Å². The molecule has 0 aliphatic rings. The normalized spacial score (nSPS) is 10.8. The summed E-state index contributed by atoms with van der Waals surface area (Å²) in [5, 5.41) is 13.2. The molecule has 0 bridgehead atoms. The van der Waals surface area contributed by atoms with E-state index >= 15 is 0 Å². The van der Waals surface area contributed by atoms with Crippen LogP contribution in [0.25, 0.3) is 5.95 Å². The van der Waals surface area contributed by atoms with Gasteiger partial charge in [0.1, 0.15) is 5.56 Å². The van der Waals surface area contributed by atoms with Gasteiger partial charge >= 0.3 is 5.97 Å². The fourth-order valence-electron chi connectivity index (χ4n) is 1.94. The van der Waals surface area contributed by atoms with E-state index in [1.807, 2.05) is 6.92 Å². The van der Waals surface area contributed by atoms with E-state index < -0.39 is 5.97 Å². The van der Waals surface area contributed by atoms with E-state index in [1.165, 1.54) is 10.9 Å². The molecule has 20 heavy (non-hydrogen) atoms. The third-order valence-corrected chi connectivity index (χ3v) is 3.17. The van der Waals surface area contributed by atoms with Gasteiger partial charge in [-0.1, -0.05) is 13.3 Å². The first-order valence-electron chi connectivity index (χ1n) is 6.33. The Morgan fingerprint density at radius 3 is 2.70 bits per heavy atom. The fourth-order valence-corrected chi connectivity index (χ4v) is 1.94. The van der Waals surface area contributed by atoms with Gasteiger partial charge in [0, 0.05) is 11.3 Å². The highest BCUT2D eigenvalue weighted by molar-refractivity contribution is 5.88. The Balaban J connectivity index is 2.64. The van der Waals surface area contributed by atoms with Gasteiger partial charge in [-0.2, -0.15) is 5.10 Å². The third-order valence-electron chi connectivity index (χ3n) is 3.17. The molecule has 0 atom stereocenters. The number of carboxylic acids is 1. The van der Waals surface area contributed by atoms with E-state index in [9.17, 15) is 9.59 Å². The van der Waals surface area contributed by atoms with Crippen LogP contribution in [0.1, 0.15) is 40.7 Å².